The second-order valence-electron chi connectivity index (χ2n) is 5.59. The van der Waals surface area contributed by atoms with Crippen LogP contribution in [0.1, 0.15) is 59.3 Å². The number of hydrogen-bond acceptors (Lipinski definition) is 6. The van der Waals surface area contributed by atoms with Crippen molar-refractivity contribution in [1.29, 1.82) is 0 Å². The molecule has 0 rings (SSSR count). The Kier molecular flexibility index (Phi) is 17.3. The van der Waals surface area contributed by atoms with E-state index in [-0.39, 0.29) is 19.8 Å². The Balaban J connectivity index is 0. The first-order valence-corrected chi connectivity index (χ1v) is 11.9. The van der Waals surface area contributed by atoms with Crippen molar-refractivity contribution in [2.24, 2.45) is 0 Å². The van der Waals surface area contributed by atoms with Crippen LogP contribution in [0.3, 0.4) is 0 Å². The number of unbranched alkanes of at least 4 members (excludes halogenated alkanes) is 3. The summed E-state index contributed by atoms with van der Waals surface area (Å²) in [5, 5.41) is 0. The summed E-state index contributed by atoms with van der Waals surface area (Å²) < 4.78 is 41.4. The van der Waals surface area contributed by atoms with E-state index >= 15 is 0 Å². The summed E-state index contributed by atoms with van der Waals surface area (Å²) in [5.74, 6) is -1.85. The fourth-order valence-corrected chi connectivity index (χ4v) is 2.09. The minimum absolute atomic E-state index is 0.175. The highest BCUT2D eigenvalue weighted by Crippen LogP contribution is 2.42. The van der Waals surface area contributed by atoms with Crippen LogP contribution < -0.4 is 0 Å². The summed E-state index contributed by atoms with van der Waals surface area (Å²) in [6.45, 7) is 6.84. The lowest BCUT2D eigenvalue weighted by atomic mass is 10.3. The van der Waals surface area contributed by atoms with Crippen molar-refractivity contribution in [1.82, 2.24) is 0 Å². The van der Waals surface area contributed by atoms with Gasteiger partial charge in [-0.15, -0.1) is 0 Å². The van der Waals surface area contributed by atoms with E-state index < -0.39 is 21.6 Å². The fourth-order valence-electron chi connectivity index (χ4n) is 1.57. The first kappa shape index (κ1) is 29.3. The predicted octanol–water partition coefficient (Wildman–Crippen LogP) is 2.27. The lowest BCUT2D eigenvalue weighted by Crippen LogP contribution is -2.44. The van der Waals surface area contributed by atoms with Gasteiger partial charge in [0.15, 0.2) is 0 Å². The summed E-state index contributed by atoms with van der Waals surface area (Å²) in [6.07, 6.45) is 5.04. The van der Waals surface area contributed by atoms with Gasteiger partial charge in [0.25, 0.3) is 0 Å². The van der Waals surface area contributed by atoms with Crippen LogP contribution in [-0.4, -0.2) is 56.9 Å². The van der Waals surface area contributed by atoms with Gasteiger partial charge >= 0.3 is 21.6 Å². The first-order chi connectivity index (χ1) is 12.4. The highest BCUT2D eigenvalue weighted by atomic mass is 31.2. The highest BCUT2D eigenvalue weighted by molar-refractivity contribution is 7.46. The normalized spacial score (nSPS) is 12.6. The maximum atomic E-state index is 11.3. The third-order valence-corrected chi connectivity index (χ3v) is 3.33. The maximum Gasteiger partial charge on any atom is 0.474 e. The smallest absolute Gasteiger partial charge is 0.373 e. The Morgan fingerprint density at radius 3 is 1.44 bits per heavy atom. The number of ether oxygens (including phenoxy) is 3. The van der Waals surface area contributed by atoms with Crippen LogP contribution in [0.15, 0.2) is 0 Å². The van der Waals surface area contributed by atoms with Crippen LogP contribution in [0.5, 0.6) is 0 Å². The van der Waals surface area contributed by atoms with Crippen molar-refractivity contribution in [2.45, 2.75) is 65.3 Å². The van der Waals surface area contributed by atoms with Gasteiger partial charge < -0.3 is 38.7 Å². The number of phosphoric acid groups is 2. The molecule has 0 spiro atoms. The van der Waals surface area contributed by atoms with Crippen molar-refractivity contribution in [3.8, 4) is 0 Å². The van der Waals surface area contributed by atoms with Crippen LogP contribution in [0.2, 0.25) is 0 Å². The van der Waals surface area contributed by atoms with E-state index in [1.165, 1.54) is 0 Å². The summed E-state index contributed by atoms with van der Waals surface area (Å²) >= 11 is 0. The molecule has 0 aliphatic heterocycles. The van der Waals surface area contributed by atoms with E-state index in [1.807, 2.05) is 20.8 Å². The van der Waals surface area contributed by atoms with Crippen LogP contribution in [0.25, 0.3) is 0 Å². The molecule has 0 bridgehead atoms. The molecule has 0 aromatic heterocycles. The van der Waals surface area contributed by atoms with Gasteiger partial charge in [-0.3, -0.25) is 0 Å². The Morgan fingerprint density at radius 2 is 1.11 bits per heavy atom. The Labute approximate surface area is 160 Å². The molecule has 0 amide bonds. The Bertz CT molecular complexity index is 417. The minimum atomic E-state index is -4.77. The molecule has 0 aromatic carbocycles. The first-order valence-electron chi connectivity index (χ1n) is 8.79. The van der Waals surface area contributed by atoms with E-state index in [0.29, 0.717) is 6.61 Å². The van der Waals surface area contributed by atoms with Crippen molar-refractivity contribution in [3.05, 3.63) is 0 Å². The molecule has 0 aliphatic rings. The van der Waals surface area contributed by atoms with Gasteiger partial charge in [0.2, 0.25) is 0 Å². The molecular formula is C14H34O11P2. The number of hydrogen-bond donors (Lipinski definition) is 5. The summed E-state index contributed by atoms with van der Waals surface area (Å²) in [7, 11) is -9.41. The SMILES string of the molecule is CCCCOCC(OCCCC)(OCCCC)OP(=O)(O)O.O=P(O)(O)O. The Hall–Kier alpha value is 0.1000. The molecule has 13 heteroatoms. The summed E-state index contributed by atoms with van der Waals surface area (Å²) in [4.78, 5) is 39.8. The zero-order valence-electron chi connectivity index (χ0n) is 16.2. The Morgan fingerprint density at radius 1 is 0.741 bits per heavy atom. The molecule has 0 aliphatic carbocycles. The molecule has 27 heavy (non-hydrogen) atoms. The van der Waals surface area contributed by atoms with Gasteiger partial charge in [0, 0.05) is 6.61 Å². The lowest BCUT2D eigenvalue weighted by molar-refractivity contribution is -0.365. The molecule has 11 nitrogen and oxygen atoms in total. The van der Waals surface area contributed by atoms with Crippen LogP contribution in [0, 0.1) is 0 Å². The molecule has 0 fully saturated rings. The van der Waals surface area contributed by atoms with E-state index in [9.17, 15) is 4.57 Å². The molecule has 0 saturated heterocycles. The van der Waals surface area contributed by atoms with Gasteiger partial charge in [-0.2, -0.15) is 0 Å². The average Bonchev–Trinajstić information content (AvgIpc) is 2.49. The van der Waals surface area contributed by atoms with E-state index in [1.54, 1.807) is 0 Å². The topological polar surface area (TPSA) is 172 Å². The number of phosphoric ester groups is 1. The van der Waals surface area contributed by atoms with Crippen LogP contribution in [0.4, 0.5) is 0 Å². The summed E-state index contributed by atoms with van der Waals surface area (Å²) in [6, 6.07) is 0. The van der Waals surface area contributed by atoms with E-state index in [2.05, 4.69) is 0 Å². The second kappa shape index (κ2) is 16.0. The maximum absolute atomic E-state index is 11.3. The van der Waals surface area contributed by atoms with E-state index in [0.717, 1.165) is 38.5 Å². The molecule has 0 aromatic rings. The minimum Gasteiger partial charge on any atom is -0.373 e. The zero-order valence-corrected chi connectivity index (χ0v) is 17.9. The second-order valence-corrected chi connectivity index (χ2v) is 7.78. The van der Waals surface area contributed by atoms with Gasteiger partial charge in [0.05, 0.1) is 13.2 Å². The predicted molar refractivity (Wildman–Crippen MR) is 97.6 cm³/mol. The lowest BCUT2D eigenvalue weighted by Gasteiger charge is -2.32. The van der Waals surface area contributed by atoms with Crippen LogP contribution in [-0.2, 0) is 27.9 Å². The van der Waals surface area contributed by atoms with Gasteiger partial charge in [0.1, 0.15) is 6.61 Å². The standard InChI is InChI=1S/C14H31O7P.H3O4P/c1-4-7-10-18-13-14(19-11-8-5-2,20-12-9-6-3)21-22(15,16)17;1-5(2,3)4/h4-13H2,1-3H3,(H2,15,16,17);(H3,1,2,3,4). The largest absolute Gasteiger partial charge is 0.474 e. The molecule has 0 radical (unpaired) electrons. The third-order valence-electron chi connectivity index (χ3n) is 2.82. The van der Waals surface area contributed by atoms with Crippen molar-refractivity contribution >= 4 is 15.6 Å². The highest BCUT2D eigenvalue weighted by Gasteiger charge is 2.41. The molecule has 0 saturated carbocycles. The van der Waals surface area contributed by atoms with Gasteiger partial charge in [-0.25, -0.2) is 13.7 Å². The summed E-state index contributed by atoms with van der Waals surface area (Å²) in [5.41, 5.74) is 0. The van der Waals surface area contributed by atoms with Crippen molar-refractivity contribution < 1.29 is 52.3 Å². The fraction of sp³-hybridized carbons (Fsp3) is 1.00. The third kappa shape index (κ3) is 24.1. The molecule has 0 heterocycles. The molecule has 0 atom stereocenters. The van der Waals surface area contributed by atoms with E-state index in [4.69, 9.17) is 47.8 Å². The van der Waals surface area contributed by atoms with Crippen LogP contribution >= 0.6 is 15.6 Å². The monoisotopic (exact) mass is 440 g/mol. The number of rotatable bonds is 15. The van der Waals surface area contributed by atoms with Crippen molar-refractivity contribution in [2.75, 3.05) is 26.4 Å². The molecular weight excluding hydrogens is 406 g/mol. The zero-order chi connectivity index (χ0) is 21.4. The quantitative estimate of drug-likeness (QED) is 0.144. The average molecular weight is 440 g/mol. The molecule has 5 N–H and O–H groups in total. The molecule has 0 unspecified atom stereocenters. The van der Waals surface area contributed by atoms with Crippen molar-refractivity contribution in [3.63, 3.8) is 0 Å². The van der Waals surface area contributed by atoms with Gasteiger partial charge in [-0.1, -0.05) is 40.0 Å². The molecule has 166 valence electrons. The van der Waals surface area contributed by atoms with Gasteiger partial charge in [-0.05, 0) is 19.3 Å².